The number of hydrogen-bond acceptors (Lipinski definition) is 4. The molecule has 1 unspecified atom stereocenters. The van der Waals surface area contributed by atoms with Crippen LogP contribution in [0.15, 0.2) is 23.4 Å². The number of anilines is 1. The van der Waals surface area contributed by atoms with Gasteiger partial charge in [0, 0.05) is 19.3 Å². The van der Waals surface area contributed by atoms with Gasteiger partial charge in [-0.15, -0.1) is 0 Å². The van der Waals surface area contributed by atoms with Gasteiger partial charge in [-0.05, 0) is 25.5 Å². The van der Waals surface area contributed by atoms with Crippen molar-refractivity contribution in [1.29, 1.82) is 0 Å². The number of hydrogen-bond donors (Lipinski definition) is 2. The van der Waals surface area contributed by atoms with Crippen molar-refractivity contribution in [2.24, 2.45) is 0 Å². The summed E-state index contributed by atoms with van der Waals surface area (Å²) < 4.78 is 26.8. The summed E-state index contributed by atoms with van der Waals surface area (Å²) in [6.45, 7) is 3.87. The first-order chi connectivity index (χ1) is 8.01. The Morgan fingerprint density at radius 3 is 2.76 bits per heavy atom. The van der Waals surface area contributed by atoms with Crippen LogP contribution in [0.2, 0.25) is 0 Å². The molecule has 0 aliphatic rings. The minimum atomic E-state index is -3.55. The molecule has 0 aliphatic carbocycles. The van der Waals surface area contributed by atoms with Crippen molar-refractivity contribution < 1.29 is 8.42 Å². The van der Waals surface area contributed by atoms with Gasteiger partial charge >= 0.3 is 0 Å². The summed E-state index contributed by atoms with van der Waals surface area (Å²) in [5.41, 5.74) is 0.503. The lowest BCUT2D eigenvalue weighted by atomic mass is 10.2. The van der Waals surface area contributed by atoms with E-state index in [1.807, 2.05) is 13.8 Å². The molecule has 0 saturated carbocycles. The monoisotopic (exact) mass is 257 g/mol. The predicted octanol–water partition coefficient (Wildman–Crippen LogP) is 1.59. The maximum atomic E-state index is 12.1. The van der Waals surface area contributed by atoms with E-state index in [1.165, 1.54) is 6.20 Å². The fraction of sp³-hybridized carbons (Fsp3) is 0.545. The maximum absolute atomic E-state index is 12.1. The Kier molecular flexibility index (Phi) is 4.89. The van der Waals surface area contributed by atoms with E-state index >= 15 is 0 Å². The Morgan fingerprint density at radius 1 is 1.47 bits per heavy atom. The van der Waals surface area contributed by atoms with Crippen LogP contribution in [-0.4, -0.2) is 26.5 Å². The highest BCUT2D eigenvalue weighted by Crippen LogP contribution is 2.17. The highest BCUT2D eigenvalue weighted by molar-refractivity contribution is 7.89. The normalized spacial score (nSPS) is 13.4. The molecule has 1 heterocycles. The number of nitrogens with one attached hydrogen (secondary N) is 2. The van der Waals surface area contributed by atoms with Gasteiger partial charge in [0.2, 0.25) is 0 Å². The molecule has 1 rings (SSSR count). The molecule has 0 bridgehead atoms. The van der Waals surface area contributed by atoms with Crippen molar-refractivity contribution in [2.75, 3.05) is 12.4 Å². The molecule has 0 spiro atoms. The summed E-state index contributed by atoms with van der Waals surface area (Å²) in [5.74, 6) is 0. The van der Waals surface area contributed by atoms with Gasteiger partial charge in [-0.2, -0.15) is 0 Å². The first kappa shape index (κ1) is 13.9. The fourth-order valence-corrected chi connectivity index (χ4v) is 3.03. The summed E-state index contributed by atoms with van der Waals surface area (Å²) in [6, 6.07) is 3.29. The van der Waals surface area contributed by atoms with E-state index in [9.17, 15) is 8.42 Å². The molecule has 0 aromatic carbocycles. The number of sulfonamides is 1. The average Bonchev–Trinajstić information content (AvgIpc) is 2.28. The van der Waals surface area contributed by atoms with E-state index in [0.29, 0.717) is 5.69 Å². The molecule has 1 aromatic rings. The Bertz CT molecular complexity index is 460. The molecule has 1 aromatic heterocycles. The van der Waals surface area contributed by atoms with Crippen LogP contribution < -0.4 is 10.0 Å². The molecule has 5 nitrogen and oxygen atoms in total. The fourth-order valence-electron chi connectivity index (χ4n) is 1.61. The van der Waals surface area contributed by atoms with Crippen LogP contribution in [0.5, 0.6) is 0 Å². The zero-order valence-corrected chi connectivity index (χ0v) is 11.2. The Balaban J connectivity index is 2.97. The van der Waals surface area contributed by atoms with E-state index in [2.05, 4.69) is 15.0 Å². The van der Waals surface area contributed by atoms with Gasteiger partial charge in [-0.3, -0.25) is 0 Å². The molecule has 0 amide bonds. The van der Waals surface area contributed by atoms with Gasteiger partial charge in [0.1, 0.15) is 0 Å². The quantitative estimate of drug-likeness (QED) is 0.812. The van der Waals surface area contributed by atoms with Crippen LogP contribution in [0.3, 0.4) is 0 Å². The van der Waals surface area contributed by atoms with Crippen molar-refractivity contribution in [3.8, 4) is 0 Å². The summed E-state index contributed by atoms with van der Waals surface area (Å²) >= 11 is 0. The lowest BCUT2D eigenvalue weighted by Crippen LogP contribution is -2.33. The average molecular weight is 257 g/mol. The van der Waals surface area contributed by atoms with Crippen molar-refractivity contribution in [3.63, 3.8) is 0 Å². The first-order valence-corrected chi connectivity index (χ1v) is 7.14. The third kappa shape index (κ3) is 3.67. The van der Waals surface area contributed by atoms with Crippen molar-refractivity contribution in [1.82, 2.24) is 9.71 Å². The van der Waals surface area contributed by atoms with Gasteiger partial charge < -0.3 is 5.32 Å². The number of nitrogens with zero attached hydrogens (tertiary/aromatic N) is 1. The van der Waals surface area contributed by atoms with Crippen LogP contribution in [0.4, 0.5) is 5.69 Å². The largest absolute Gasteiger partial charge is 0.386 e. The van der Waals surface area contributed by atoms with Gasteiger partial charge in [0.15, 0.2) is 5.03 Å². The second-order valence-electron chi connectivity index (χ2n) is 3.92. The molecule has 0 radical (unpaired) electrons. The lowest BCUT2D eigenvalue weighted by Gasteiger charge is -2.14. The molecule has 96 valence electrons. The smallest absolute Gasteiger partial charge is 0.260 e. The van der Waals surface area contributed by atoms with E-state index in [4.69, 9.17) is 0 Å². The van der Waals surface area contributed by atoms with E-state index in [-0.39, 0.29) is 11.1 Å². The van der Waals surface area contributed by atoms with Crippen LogP contribution in [-0.2, 0) is 10.0 Å². The van der Waals surface area contributed by atoms with Crippen LogP contribution in [0.25, 0.3) is 0 Å². The third-order valence-corrected chi connectivity index (χ3v) is 3.92. The zero-order chi connectivity index (χ0) is 12.9. The van der Waals surface area contributed by atoms with E-state index in [0.717, 1.165) is 12.8 Å². The summed E-state index contributed by atoms with van der Waals surface area (Å²) in [7, 11) is -1.88. The summed E-state index contributed by atoms with van der Waals surface area (Å²) in [6.07, 6.45) is 3.21. The summed E-state index contributed by atoms with van der Waals surface area (Å²) in [4.78, 5) is 3.92. The van der Waals surface area contributed by atoms with Crippen molar-refractivity contribution >= 4 is 15.7 Å². The standard InChI is InChI=1S/C11H19N3O2S/c1-4-6-9(2)14-17(15,16)11-10(12-3)7-5-8-13-11/h5,7-9,12,14H,4,6H2,1-3H3. The zero-order valence-electron chi connectivity index (χ0n) is 10.4. The second-order valence-corrected chi connectivity index (χ2v) is 5.55. The number of pyridine rings is 1. The maximum Gasteiger partial charge on any atom is 0.260 e. The molecule has 0 fully saturated rings. The minimum absolute atomic E-state index is 0.0467. The SMILES string of the molecule is CCCC(C)NS(=O)(=O)c1ncccc1NC. The Morgan fingerprint density at radius 2 is 2.18 bits per heavy atom. The molecular weight excluding hydrogens is 238 g/mol. The van der Waals surface area contributed by atoms with Gasteiger partial charge in [0.25, 0.3) is 10.0 Å². The molecular formula is C11H19N3O2S. The molecule has 1 atom stereocenters. The van der Waals surface area contributed by atoms with E-state index in [1.54, 1.807) is 19.2 Å². The Labute approximate surface area is 103 Å². The Hall–Kier alpha value is -1.14. The summed E-state index contributed by atoms with van der Waals surface area (Å²) in [5, 5.41) is 2.87. The lowest BCUT2D eigenvalue weighted by molar-refractivity contribution is 0.541. The molecule has 0 saturated heterocycles. The highest BCUT2D eigenvalue weighted by Gasteiger charge is 2.21. The number of rotatable bonds is 6. The third-order valence-electron chi connectivity index (χ3n) is 2.37. The molecule has 17 heavy (non-hydrogen) atoms. The van der Waals surface area contributed by atoms with Crippen LogP contribution in [0.1, 0.15) is 26.7 Å². The van der Waals surface area contributed by atoms with Crippen molar-refractivity contribution in [3.05, 3.63) is 18.3 Å². The van der Waals surface area contributed by atoms with E-state index < -0.39 is 10.0 Å². The minimum Gasteiger partial charge on any atom is -0.386 e. The molecule has 6 heteroatoms. The van der Waals surface area contributed by atoms with Crippen molar-refractivity contribution in [2.45, 2.75) is 37.8 Å². The van der Waals surface area contributed by atoms with Gasteiger partial charge in [-0.25, -0.2) is 18.1 Å². The van der Waals surface area contributed by atoms with Crippen LogP contribution in [0, 0.1) is 0 Å². The molecule has 2 N–H and O–H groups in total. The van der Waals surface area contributed by atoms with Crippen LogP contribution >= 0.6 is 0 Å². The predicted molar refractivity (Wildman–Crippen MR) is 68.5 cm³/mol. The number of aromatic nitrogens is 1. The highest BCUT2D eigenvalue weighted by atomic mass is 32.2. The van der Waals surface area contributed by atoms with Gasteiger partial charge in [-0.1, -0.05) is 13.3 Å². The first-order valence-electron chi connectivity index (χ1n) is 5.66. The van der Waals surface area contributed by atoms with Gasteiger partial charge in [0.05, 0.1) is 5.69 Å². The molecule has 0 aliphatic heterocycles. The second kappa shape index (κ2) is 5.97. The topological polar surface area (TPSA) is 71.1 Å².